The van der Waals surface area contributed by atoms with Gasteiger partial charge in [0.05, 0.1) is 12.7 Å². The number of hydrogen-bond donors (Lipinski definition) is 0. The van der Waals surface area contributed by atoms with Crippen molar-refractivity contribution in [2.75, 3.05) is 32.5 Å². The van der Waals surface area contributed by atoms with E-state index in [1.54, 1.807) is 25.8 Å². The fraction of sp³-hybridized carbons (Fsp3) is 0.423. The number of ketones is 1. The zero-order valence-electron chi connectivity index (χ0n) is 20.5. The van der Waals surface area contributed by atoms with Crippen LogP contribution in [0.1, 0.15) is 35.7 Å². The van der Waals surface area contributed by atoms with Crippen molar-refractivity contribution in [3.63, 3.8) is 0 Å². The van der Waals surface area contributed by atoms with Gasteiger partial charge < -0.3 is 14.2 Å². The maximum atomic E-state index is 13.6. The number of likely N-dealkylation sites (tertiary alicyclic amines) is 1. The van der Waals surface area contributed by atoms with Crippen LogP contribution in [0.5, 0.6) is 5.75 Å². The summed E-state index contributed by atoms with van der Waals surface area (Å²) in [6, 6.07) is 9.82. The Kier molecular flexibility index (Phi) is 7.73. The fourth-order valence-electron chi connectivity index (χ4n) is 5.28. The number of carbonyl (C=O) groups excluding carboxylic acids is 1. The van der Waals surface area contributed by atoms with Gasteiger partial charge in [-0.3, -0.25) is 4.79 Å². The first-order chi connectivity index (χ1) is 16.8. The molecule has 0 spiro atoms. The average Bonchev–Trinajstić information content (AvgIpc) is 3.22. The molecule has 0 bridgehead atoms. The van der Waals surface area contributed by atoms with Gasteiger partial charge in [0.15, 0.2) is 28.4 Å². The molecular weight excluding hydrogens is 506 g/mol. The number of benzene rings is 2. The summed E-state index contributed by atoms with van der Waals surface area (Å²) >= 11 is 1.61. The Labute approximate surface area is 219 Å². The number of Topliss-reactive ketones (excluding diaryl/α,β-unsaturated/α-hetero) is 1. The van der Waals surface area contributed by atoms with Crippen molar-refractivity contribution >= 4 is 30.0 Å². The van der Waals surface area contributed by atoms with E-state index in [-0.39, 0.29) is 23.6 Å². The molecule has 3 aromatic rings. The van der Waals surface area contributed by atoms with Gasteiger partial charge in [0.25, 0.3) is 0 Å². The van der Waals surface area contributed by atoms with Gasteiger partial charge in [-0.15, -0.1) is 22.6 Å². The number of hydrogen-bond acceptors (Lipinski definition) is 6. The zero-order chi connectivity index (χ0) is 24.7. The minimum Gasteiger partial charge on any atom is -0.496 e. The molecule has 2 aliphatic rings. The van der Waals surface area contributed by atoms with Gasteiger partial charge in [0.1, 0.15) is 5.75 Å². The zero-order valence-corrected chi connectivity index (χ0v) is 22.1. The number of aromatic nitrogens is 3. The molecule has 2 atom stereocenters. The Morgan fingerprint density at radius 3 is 2.72 bits per heavy atom. The minimum absolute atomic E-state index is 0. The molecule has 10 heteroatoms. The van der Waals surface area contributed by atoms with Crippen LogP contribution < -0.4 is 4.74 Å². The summed E-state index contributed by atoms with van der Waals surface area (Å²) in [6.07, 6.45) is 2.18. The first kappa shape index (κ1) is 26.6. The normalized spacial score (nSPS) is 20.6. The second-order valence-corrected chi connectivity index (χ2v) is 10.5. The third-order valence-electron chi connectivity index (χ3n) is 7.23. The molecule has 1 saturated heterocycles. The summed E-state index contributed by atoms with van der Waals surface area (Å²) in [5, 5.41) is 9.14. The van der Waals surface area contributed by atoms with E-state index in [9.17, 15) is 13.6 Å². The fourth-order valence-corrected chi connectivity index (χ4v) is 6.11. The Bertz CT molecular complexity index is 1290. The molecule has 36 heavy (non-hydrogen) atoms. The second-order valence-electron chi connectivity index (χ2n) is 9.46. The summed E-state index contributed by atoms with van der Waals surface area (Å²) in [5.41, 5.74) is 2.56. The van der Waals surface area contributed by atoms with Crippen molar-refractivity contribution in [2.45, 2.75) is 30.3 Å². The van der Waals surface area contributed by atoms with Crippen molar-refractivity contribution in [1.82, 2.24) is 19.7 Å². The van der Waals surface area contributed by atoms with Gasteiger partial charge in [-0.1, -0.05) is 17.8 Å². The van der Waals surface area contributed by atoms with E-state index in [1.807, 2.05) is 23.7 Å². The van der Waals surface area contributed by atoms with Crippen molar-refractivity contribution in [2.24, 2.45) is 13.0 Å². The molecule has 2 fully saturated rings. The lowest BCUT2D eigenvalue weighted by atomic mass is 9.92. The number of fused-ring (bicyclic) bond motifs is 1. The van der Waals surface area contributed by atoms with E-state index in [0.29, 0.717) is 28.6 Å². The highest BCUT2D eigenvalue weighted by atomic mass is 35.5. The lowest BCUT2D eigenvalue weighted by Crippen LogP contribution is -2.28. The maximum Gasteiger partial charge on any atom is 0.191 e. The van der Waals surface area contributed by atoms with Crippen molar-refractivity contribution < 1.29 is 18.3 Å². The molecule has 192 valence electrons. The van der Waals surface area contributed by atoms with Crippen molar-refractivity contribution in [3.05, 3.63) is 59.2 Å². The third kappa shape index (κ3) is 4.88. The van der Waals surface area contributed by atoms with Crippen LogP contribution in [0, 0.1) is 17.6 Å². The first-order valence-corrected chi connectivity index (χ1v) is 12.7. The molecule has 2 aromatic carbocycles. The standard InChI is InChI=1S/C26H28F2N4O2S.ClH/c1-16(33)20-12-18(6-8-23(20)34-3)26-13-19(26)14-32(15-26)9-4-10-35-25-30-29-24(31(25)2)17-5-7-21(27)22(28)11-17;/h5-8,11-12,19H,4,9-10,13-15H2,1-3H3;1H/t19-,26+;/m1./s1. The smallest absolute Gasteiger partial charge is 0.191 e. The summed E-state index contributed by atoms with van der Waals surface area (Å²) in [6.45, 7) is 4.67. The minimum atomic E-state index is -0.895. The van der Waals surface area contributed by atoms with Crippen LogP contribution in [0.3, 0.4) is 0 Å². The molecule has 0 unspecified atom stereocenters. The predicted molar refractivity (Wildman–Crippen MR) is 138 cm³/mol. The van der Waals surface area contributed by atoms with Gasteiger partial charge in [-0.25, -0.2) is 8.78 Å². The van der Waals surface area contributed by atoms with Crippen LogP contribution in [0.2, 0.25) is 0 Å². The van der Waals surface area contributed by atoms with Gasteiger partial charge >= 0.3 is 0 Å². The number of rotatable bonds is 9. The highest BCUT2D eigenvalue weighted by Gasteiger charge is 2.60. The molecule has 2 heterocycles. The van der Waals surface area contributed by atoms with Crippen LogP contribution in [0.25, 0.3) is 11.4 Å². The molecule has 1 saturated carbocycles. The van der Waals surface area contributed by atoms with E-state index in [0.717, 1.165) is 49.1 Å². The highest BCUT2D eigenvalue weighted by Crippen LogP contribution is 2.59. The van der Waals surface area contributed by atoms with E-state index < -0.39 is 11.6 Å². The predicted octanol–water partition coefficient (Wildman–Crippen LogP) is 5.15. The summed E-state index contributed by atoms with van der Waals surface area (Å²) in [4.78, 5) is 14.6. The Morgan fingerprint density at radius 2 is 2.00 bits per heavy atom. The highest BCUT2D eigenvalue weighted by molar-refractivity contribution is 7.99. The second kappa shape index (κ2) is 10.5. The Morgan fingerprint density at radius 1 is 1.19 bits per heavy atom. The van der Waals surface area contributed by atoms with E-state index >= 15 is 0 Å². The van der Waals surface area contributed by atoms with Gasteiger partial charge in [0, 0.05) is 36.9 Å². The van der Waals surface area contributed by atoms with Crippen molar-refractivity contribution in [1.29, 1.82) is 0 Å². The van der Waals surface area contributed by atoms with Crippen molar-refractivity contribution in [3.8, 4) is 17.1 Å². The van der Waals surface area contributed by atoms with Gasteiger partial charge in [-0.05, 0) is 68.1 Å². The molecule has 5 rings (SSSR count). The SMILES string of the molecule is COc1ccc([C@@]23C[C@@H]2CN(CCCSc2nnc(-c4ccc(F)c(F)c4)n2C)C3)cc1C(C)=O.Cl. The van der Waals surface area contributed by atoms with Crippen LogP contribution in [-0.4, -0.2) is 57.9 Å². The monoisotopic (exact) mass is 534 g/mol. The van der Waals surface area contributed by atoms with Crippen LogP contribution in [0.4, 0.5) is 8.78 Å². The molecule has 6 nitrogen and oxygen atoms in total. The number of halogens is 3. The topological polar surface area (TPSA) is 60.2 Å². The van der Waals surface area contributed by atoms with Gasteiger partial charge in [-0.2, -0.15) is 0 Å². The number of thioether (sulfide) groups is 1. The Balaban J connectivity index is 0.00000304. The third-order valence-corrected chi connectivity index (χ3v) is 8.34. The number of nitrogens with zero attached hydrogens (tertiary/aromatic N) is 4. The summed E-state index contributed by atoms with van der Waals surface area (Å²) in [5.74, 6) is 0.929. The van der Waals surface area contributed by atoms with Crippen LogP contribution >= 0.6 is 24.2 Å². The quantitative estimate of drug-likeness (QED) is 0.215. The number of carbonyl (C=O) groups is 1. The summed E-state index contributed by atoms with van der Waals surface area (Å²) in [7, 11) is 3.43. The number of ether oxygens (including phenoxy) is 1. The lowest BCUT2D eigenvalue weighted by Gasteiger charge is -2.21. The molecule has 0 N–H and O–H groups in total. The average molecular weight is 535 g/mol. The van der Waals surface area contributed by atoms with Crippen LogP contribution in [-0.2, 0) is 12.5 Å². The largest absolute Gasteiger partial charge is 0.496 e. The molecule has 0 radical (unpaired) electrons. The number of piperidine rings is 1. The molecule has 1 aliphatic heterocycles. The Hall–Kier alpha value is -2.49. The molecule has 1 aliphatic carbocycles. The molecule has 0 amide bonds. The van der Waals surface area contributed by atoms with E-state index in [4.69, 9.17) is 4.74 Å². The van der Waals surface area contributed by atoms with E-state index in [1.165, 1.54) is 18.1 Å². The lowest BCUT2D eigenvalue weighted by molar-refractivity contribution is 0.101. The first-order valence-electron chi connectivity index (χ1n) is 11.7. The van der Waals surface area contributed by atoms with Gasteiger partial charge in [0.2, 0.25) is 0 Å². The maximum absolute atomic E-state index is 13.6. The van der Waals surface area contributed by atoms with E-state index in [2.05, 4.69) is 21.2 Å². The summed E-state index contributed by atoms with van der Waals surface area (Å²) < 4.78 is 34.0. The molecule has 1 aromatic heterocycles. The molecular formula is C26H29ClF2N4O2S. The van der Waals surface area contributed by atoms with Crippen LogP contribution in [0.15, 0.2) is 41.6 Å². The number of methoxy groups -OCH3 is 1.